The molecule has 1 saturated carbocycles. The van der Waals surface area contributed by atoms with E-state index >= 15 is 0 Å². The summed E-state index contributed by atoms with van der Waals surface area (Å²) in [4.78, 5) is 35.7. The maximum atomic E-state index is 13.4. The number of carbonyl (C=O) groups is 2. The number of rotatable bonds is 9. The van der Waals surface area contributed by atoms with Crippen LogP contribution in [0.1, 0.15) is 30.1 Å². The van der Waals surface area contributed by atoms with Gasteiger partial charge in [-0.15, -0.1) is 5.10 Å². The molecule has 0 bridgehead atoms. The molecule has 3 heterocycles. The maximum Gasteiger partial charge on any atom is 0.433 e. The standard InChI is InChI=1S/C21H23F3N6O4/c1-33-7-5-29-16(19(31)30(20(29)32)6-8-34-2)11-28-12-25-18(27-28)14-9-15(13-3-4-13)26-17(10-14)21(22,23)24/h9-13H,3-8H2,1-2H3/b16-11-. The van der Waals surface area contributed by atoms with Crippen LogP contribution in [0.15, 0.2) is 24.2 Å². The molecule has 0 unspecified atom stereocenters. The molecule has 1 aliphatic heterocycles. The molecule has 0 radical (unpaired) electrons. The summed E-state index contributed by atoms with van der Waals surface area (Å²) in [6.07, 6.45) is -0.457. The highest BCUT2D eigenvalue weighted by Gasteiger charge is 2.41. The number of alkyl halides is 3. The Labute approximate surface area is 193 Å². The van der Waals surface area contributed by atoms with Crippen molar-refractivity contribution >= 4 is 18.1 Å². The second-order valence-corrected chi connectivity index (χ2v) is 7.88. The Bertz CT molecular complexity index is 1110. The van der Waals surface area contributed by atoms with E-state index in [0.717, 1.165) is 23.8 Å². The topological polar surface area (TPSA) is 103 Å². The molecular weight excluding hydrogens is 457 g/mol. The average Bonchev–Trinajstić information content (AvgIpc) is 3.51. The molecule has 13 heteroatoms. The van der Waals surface area contributed by atoms with E-state index < -0.39 is 23.8 Å². The van der Waals surface area contributed by atoms with Crippen LogP contribution in [0.25, 0.3) is 17.6 Å². The van der Waals surface area contributed by atoms with Crippen LogP contribution < -0.4 is 0 Å². The molecule has 0 N–H and O–H groups in total. The van der Waals surface area contributed by atoms with Gasteiger partial charge >= 0.3 is 12.2 Å². The van der Waals surface area contributed by atoms with Crippen molar-refractivity contribution in [2.45, 2.75) is 24.9 Å². The molecule has 1 saturated heterocycles. The second kappa shape index (κ2) is 9.50. The van der Waals surface area contributed by atoms with E-state index in [1.165, 1.54) is 36.3 Å². The third-order valence-corrected chi connectivity index (χ3v) is 5.41. The van der Waals surface area contributed by atoms with E-state index in [2.05, 4.69) is 15.1 Å². The van der Waals surface area contributed by atoms with Gasteiger partial charge in [0.15, 0.2) is 5.82 Å². The van der Waals surface area contributed by atoms with Crippen LogP contribution in [-0.2, 0) is 20.4 Å². The highest BCUT2D eigenvalue weighted by atomic mass is 19.4. The number of hydrogen-bond acceptors (Lipinski definition) is 7. The lowest BCUT2D eigenvalue weighted by molar-refractivity contribution is -0.141. The van der Waals surface area contributed by atoms with Gasteiger partial charge in [0.2, 0.25) is 0 Å². The van der Waals surface area contributed by atoms with Crippen molar-refractivity contribution in [1.82, 2.24) is 29.5 Å². The number of pyridine rings is 1. The number of halogens is 3. The van der Waals surface area contributed by atoms with Gasteiger partial charge in [0.1, 0.15) is 17.7 Å². The number of amides is 3. The van der Waals surface area contributed by atoms with E-state index in [-0.39, 0.29) is 49.3 Å². The van der Waals surface area contributed by atoms with Crippen molar-refractivity contribution < 1.29 is 32.2 Å². The minimum Gasteiger partial charge on any atom is -0.383 e. The maximum absolute atomic E-state index is 13.4. The minimum absolute atomic E-state index is 0.000183. The number of carbonyl (C=O) groups excluding carboxylic acids is 2. The first-order chi connectivity index (χ1) is 16.2. The smallest absolute Gasteiger partial charge is 0.383 e. The van der Waals surface area contributed by atoms with Crippen molar-refractivity contribution in [3.63, 3.8) is 0 Å². The van der Waals surface area contributed by atoms with E-state index in [1.807, 2.05) is 0 Å². The van der Waals surface area contributed by atoms with Crippen molar-refractivity contribution in [3.05, 3.63) is 35.5 Å². The Morgan fingerprint density at radius 3 is 2.38 bits per heavy atom. The highest BCUT2D eigenvalue weighted by molar-refractivity contribution is 6.13. The number of methoxy groups -OCH3 is 2. The molecule has 0 atom stereocenters. The van der Waals surface area contributed by atoms with Crippen molar-refractivity contribution in [2.24, 2.45) is 0 Å². The van der Waals surface area contributed by atoms with Crippen molar-refractivity contribution in [3.8, 4) is 11.4 Å². The third kappa shape index (κ3) is 4.94. The van der Waals surface area contributed by atoms with E-state index in [9.17, 15) is 22.8 Å². The lowest BCUT2D eigenvalue weighted by Gasteiger charge is -2.16. The zero-order valence-electron chi connectivity index (χ0n) is 18.6. The van der Waals surface area contributed by atoms with Gasteiger partial charge in [-0.2, -0.15) is 13.2 Å². The summed E-state index contributed by atoms with van der Waals surface area (Å²) >= 11 is 0. The van der Waals surface area contributed by atoms with Crippen LogP contribution in [-0.4, -0.2) is 82.0 Å². The first-order valence-electron chi connectivity index (χ1n) is 10.6. The zero-order chi connectivity index (χ0) is 24.5. The number of ether oxygens (including phenoxy) is 2. The average molecular weight is 480 g/mol. The molecule has 0 spiro atoms. The molecule has 4 rings (SSSR count). The van der Waals surface area contributed by atoms with Crippen LogP contribution in [0.2, 0.25) is 0 Å². The van der Waals surface area contributed by atoms with Gasteiger partial charge in [-0.1, -0.05) is 0 Å². The Kier molecular flexibility index (Phi) is 6.66. The van der Waals surface area contributed by atoms with Gasteiger partial charge in [0.25, 0.3) is 5.91 Å². The SMILES string of the molecule is COCCN1C(=O)/C(=C/n2cnc(-c3cc(C4CC4)nc(C(F)(F)F)c3)n2)N(CCOC)C1=O. The monoisotopic (exact) mass is 480 g/mol. The van der Waals surface area contributed by atoms with E-state index in [1.54, 1.807) is 6.07 Å². The largest absolute Gasteiger partial charge is 0.433 e. The predicted molar refractivity (Wildman–Crippen MR) is 112 cm³/mol. The fourth-order valence-corrected chi connectivity index (χ4v) is 3.50. The molecule has 1 aliphatic carbocycles. The summed E-state index contributed by atoms with van der Waals surface area (Å²) in [6, 6.07) is 1.94. The number of imide groups is 1. The highest BCUT2D eigenvalue weighted by Crippen LogP contribution is 2.41. The molecule has 2 aliphatic rings. The molecule has 2 aromatic heterocycles. The Hall–Kier alpha value is -3.32. The number of aromatic nitrogens is 4. The predicted octanol–water partition coefficient (Wildman–Crippen LogP) is 2.59. The van der Waals surface area contributed by atoms with Crippen LogP contribution in [0.5, 0.6) is 0 Å². The van der Waals surface area contributed by atoms with Gasteiger partial charge in [0, 0.05) is 31.4 Å². The van der Waals surface area contributed by atoms with Crippen LogP contribution in [0.4, 0.5) is 18.0 Å². The fourth-order valence-electron chi connectivity index (χ4n) is 3.50. The summed E-state index contributed by atoms with van der Waals surface area (Å²) in [7, 11) is 2.93. The molecule has 2 aromatic rings. The molecule has 3 amide bonds. The van der Waals surface area contributed by atoms with E-state index in [4.69, 9.17) is 9.47 Å². The van der Waals surface area contributed by atoms with Crippen LogP contribution in [0.3, 0.4) is 0 Å². The van der Waals surface area contributed by atoms with Gasteiger partial charge in [-0.25, -0.2) is 19.4 Å². The number of nitrogens with zero attached hydrogens (tertiary/aromatic N) is 6. The molecule has 10 nitrogen and oxygen atoms in total. The molecule has 182 valence electrons. The van der Waals surface area contributed by atoms with Crippen LogP contribution >= 0.6 is 0 Å². The summed E-state index contributed by atoms with van der Waals surface area (Å²) in [5.74, 6) is -0.502. The summed E-state index contributed by atoms with van der Waals surface area (Å²) in [5, 5.41) is 4.22. The normalized spacial score (nSPS) is 18.0. The van der Waals surface area contributed by atoms with Gasteiger partial charge in [-0.05, 0) is 25.0 Å². The van der Waals surface area contributed by atoms with Crippen LogP contribution in [0, 0.1) is 0 Å². The Morgan fingerprint density at radius 1 is 1.09 bits per heavy atom. The van der Waals surface area contributed by atoms with Crippen molar-refractivity contribution in [1.29, 1.82) is 0 Å². The van der Waals surface area contributed by atoms with Gasteiger partial charge in [-0.3, -0.25) is 14.6 Å². The Balaban J connectivity index is 1.65. The summed E-state index contributed by atoms with van der Waals surface area (Å²) < 4.78 is 51.3. The molecule has 2 fully saturated rings. The first-order valence-corrected chi connectivity index (χ1v) is 10.6. The van der Waals surface area contributed by atoms with E-state index in [0.29, 0.717) is 5.69 Å². The Morgan fingerprint density at radius 2 is 1.76 bits per heavy atom. The molecule has 0 aromatic carbocycles. The molecule has 34 heavy (non-hydrogen) atoms. The fraction of sp³-hybridized carbons (Fsp3) is 0.476. The summed E-state index contributed by atoms with van der Waals surface area (Å²) in [5.41, 5.74) is -0.430. The summed E-state index contributed by atoms with van der Waals surface area (Å²) in [6.45, 7) is 0.558. The second-order valence-electron chi connectivity index (χ2n) is 7.88. The van der Waals surface area contributed by atoms with Gasteiger partial charge in [0.05, 0.1) is 32.5 Å². The van der Waals surface area contributed by atoms with Gasteiger partial charge < -0.3 is 9.47 Å². The number of hydrogen-bond donors (Lipinski definition) is 0. The minimum atomic E-state index is -4.60. The zero-order valence-corrected chi connectivity index (χ0v) is 18.6. The van der Waals surface area contributed by atoms with Crippen molar-refractivity contribution in [2.75, 3.05) is 40.5 Å². The molecular formula is C21H23F3N6O4. The quantitative estimate of drug-likeness (QED) is 0.402. The first kappa shape index (κ1) is 23.8. The lowest BCUT2D eigenvalue weighted by atomic mass is 10.1. The lowest BCUT2D eigenvalue weighted by Crippen LogP contribution is -2.36. The third-order valence-electron chi connectivity index (χ3n) is 5.41. The number of urea groups is 1.